The average molecular weight is 268 g/mol. The van der Waals surface area contributed by atoms with Crippen LogP contribution in [0.4, 0.5) is 5.82 Å². The van der Waals surface area contributed by atoms with E-state index >= 15 is 0 Å². The van der Waals surface area contributed by atoms with Gasteiger partial charge in [-0.25, -0.2) is 9.47 Å². The van der Waals surface area contributed by atoms with Gasteiger partial charge in [-0.2, -0.15) is 0 Å². The number of hydrogen-bond donors (Lipinski definition) is 1. The number of hydrogen-bond acceptors (Lipinski definition) is 3. The molecule has 1 aromatic carbocycles. The highest BCUT2D eigenvalue weighted by Crippen LogP contribution is 2.22. The van der Waals surface area contributed by atoms with Crippen molar-refractivity contribution in [1.82, 2.24) is 4.90 Å². The molecule has 20 heavy (non-hydrogen) atoms. The summed E-state index contributed by atoms with van der Waals surface area (Å²) in [5, 5.41) is 0. The van der Waals surface area contributed by atoms with Crippen LogP contribution in [-0.4, -0.2) is 16.7 Å². The third-order valence-corrected chi connectivity index (χ3v) is 3.38. The first-order valence-electron chi connectivity index (χ1n) is 6.29. The van der Waals surface area contributed by atoms with Crippen molar-refractivity contribution in [2.24, 2.45) is 0 Å². The molecule has 0 fully saturated rings. The van der Waals surface area contributed by atoms with Crippen LogP contribution < -0.4 is 10.3 Å². The standard InChI is InChI=1S/C15H13N3O2/c1-10-6-7-13(16)17(8-10)9-18-14(19)11-4-2-3-5-12(11)15(18)20/h2-8,16H,9H2,1H3/p+1. The van der Waals surface area contributed by atoms with Gasteiger partial charge in [0.25, 0.3) is 17.6 Å². The lowest BCUT2D eigenvalue weighted by Gasteiger charge is -2.13. The van der Waals surface area contributed by atoms with Crippen molar-refractivity contribution in [1.29, 1.82) is 0 Å². The normalized spacial score (nSPS) is 13.8. The lowest BCUT2D eigenvalue weighted by molar-refractivity contribution is -0.696. The Hall–Kier alpha value is -2.69. The Morgan fingerprint density at radius 2 is 1.65 bits per heavy atom. The summed E-state index contributed by atoms with van der Waals surface area (Å²) in [6.07, 6.45) is 1.82. The number of fused-ring (bicyclic) bond motifs is 1. The first kappa shape index (κ1) is 12.3. The van der Waals surface area contributed by atoms with Crippen LogP contribution in [0.1, 0.15) is 26.3 Å². The number of rotatable bonds is 2. The highest BCUT2D eigenvalue weighted by molar-refractivity contribution is 6.21. The molecule has 0 atom stereocenters. The molecule has 100 valence electrons. The number of nitrogens with two attached hydrogens (primary N) is 1. The van der Waals surface area contributed by atoms with Crippen LogP contribution in [0, 0.1) is 6.92 Å². The van der Waals surface area contributed by atoms with Gasteiger partial charge in [0.05, 0.1) is 17.3 Å². The predicted molar refractivity (Wildman–Crippen MR) is 72.7 cm³/mol. The van der Waals surface area contributed by atoms with Crippen LogP contribution in [0.15, 0.2) is 42.6 Å². The van der Waals surface area contributed by atoms with Crippen LogP contribution >= 0.6 is 0 Å². The SMILES string of the molecule is Cc1ccc(N)[n+](CN2C(=O)c3ccccc3C2=O)c1. The Kier molecular flexibility index (Phi) is 2.75. The number of aromatic nitrogens is 1. The van der Waals surface area contributed by atoms with Gasteiger partial charge < -0.3 is 0 Å². The van der Waals surface area contributed by atoms with Gasteiger partial charge in [-0.05, 0) is 30.7 Å². The average Bonchev–Trinajstić information content (AvgIpc) is 2.68. The number of amides is 2. The van der Waals surface area contributed by atoms with Crippen molar-refractivity contribution in [3.8, 4) is 0 Å². The number of imide groups is 1. The third-order valence-electron chi connectivity index (χ3n) is 3.38. The molecule has 1 aliphatic heterocycles. The predicted octanol–water partition coefficient (Wildman–Crippen LogP) is 1.12. The van der Waals surface area contributed by atoms with Crippen LogP contribution in [0.3, 0.4) is 0 Å². The molecule has 0 saturated carbocycles. The van der Waals surface area contributed by atoms with Gasteiger partial charge in [0, 0.05) is 6.07 Å². The van der Waals surface area contributed by atoms with E-state index in [2.05, 4.69) is 0 Å². The smallest absolute Gasteiger partial charge is 0.273 e. The molecule has 0 saturated heterocycles. The number of nitrogens with zero attached hydrogens (tertiary/aromatic N) is 2. The minimum absolute atomic E-state index is 0.125. The number of pyridine rings is 1. The number of benzene rings is 1. The summed E-state index contributed by atoms with van der Waals surface area (Å²) in [5.41, 5.74) is 7.78. The molecule has 5 heteroatoms. The molecule has 0 aliphatic carbocycles. The first-order chi connectivity index (χ1) is 9.58. The first-order valence-corrected chi connectivity index (χ1v) is 6.29. The summed E-state index contributed by atoms with van der Waals surface area (Å²) < 4.78 is 1.69. The molecular formula is C15H14N3O2+. The quantitative estimate of drug-likeness (QED) is 0.655. The van der Waals surface area contributed by atoms with E-state index in [9.17, 15) is 9.59 Å². The Labute approximate surface area is 116 Å². The summed E-state index contributed by atoms with van der Waals surface area (Å²) in [4.78, 5) is 25.7. The van der Waals surface area contributed by atoms with E-state index in [1.54, 1.807) is 34.9 Å². The maximum Gasteiger partial charge on any atom is 0.273 e. The molecule has 2 heterocycles. The molecule has 0 spiro atoms. The minimum atomic E-state index is -0.279. The number of aryl methyl sites for hydroxylation is 1. The number of carbonyl (C=O) groups excluding carboxylic acids is 2. The van der Waals surface area contributed by atoms with Crippen molar-refractivity contribution >= 4 is 17.6 Å². The number of carbonyl (C=O) groups is 2. The van der Waals surface area contributed by atoms with Gasteiger partial charge in [0.2, 0.25) is 0 Å². The van der Waals surface area contributed by atoms with E-state index in [0.29, 0.717) is 16.9 Å². The van der Waals surface area contributed by atoms with Crippen molar-refractivity contribution in [3.63, 3.8) is 0 Å². The molecule has 3 rings (SSSR count). The third kappa shape index (κ3) is 1.84. The summed E-state index contributed by atoms with van der Waals surface area (Å²) in [6, 6.07) is 10.5. The molecule has 0 bridgehead atoms. The molecule has 1 aromatic heterocycles. The molecule has 0 unspecified atom stereocenters. The Morgan fingerprint density at radius 3 is 2.25 bits per heavy atom. The van der Waals surface area contributed by atoms with Crippen LogP contribution in [0.25, 0.3) is 0 Å². The molecule has 2 amide bonds. The van der Waals surface area contributed by atoms with E-state index in [0.717, 1.165) is 5.56 Å². The van der Waals surface area contributed by atoms with Crippen molar-refractivity contribution < 1.29 is 14.2 Å². The van der Waals surface area contributed by atoms with Crippen LogP contribution in [-0.2, 0) is 6.67 Å². The van der Waals surface area contributed by atoms with Gasteiger partial charge in [-0.1, -0.05) is 12.1 Å². The molecule has 0 radical (unpaired) electrons. The topological polar surface area (TPSA) is 67.3 Å². The van der Waals surface area contributed by atoms with E-state index in [-0.39, 0.29) is 18.5 Å². The minimum Gasteiger partial charge on any atom is -0.287 e. The maximum absolute atomic E-state index is 12.3. The summed E-state index contributed by atoms with van der Waals surface area (Å²) in [7, 11) is 0. The largest absolute Gasteiger partial charge is 0.287 e. The summed E-state index contributed by atoms with van der Waals surface area (Å²) in [5.74, 6) is -0.0508. The van der Waals surface area contributed by atoms with Gasteiger partial charge in [-0.15, -0.1) is 0 Å². The molecule has 1 aliphatic rings. The fraction of sp³-hybridized carbons (Fsp3) is 0.133. The molecule has 5 nitrogen and oxygen atoms in total. The molecular weight excluding hydrogens is 254 g/mol. The lowest BCUT2D eigenvalue weighted by atomic mass is 10.1. The van der Waals surface area contributed by atoms with E-state index in [1.807, 2.05) is 19.2 Å². The van der Waals surface area contributed by atoms with E-state index in [1.165, 1.54) is 4.90 Å². The van der Waals surface area contributed by atoms with E-state index in [4.69, 9.17) is 5.73 Å². The van der Waals surface area contributed by atoms with Crippen molar-refractivity contribution in [2.75, 3.05) is 5.73 Å². The van der Waals surface area contributed by atoms with Crippen LogP contribution in [0.5, 0.6) is 0 Å². The highest BCUT2D eigenvalue weighted by Gasteiger charge is 2.36. The van der Waals surface area contributed by atoms with Crippen molar-refractivity contribution in [3.05, 3.63) is 59.3 Å². The Balaban J connectivity index is 1.96. The summed E-state index contributed by atoms with van der Waals surface area (Å²) in [6.45, 7) is 2.05. The molecule has 2 aromatic rings. The second-order valence-electron chi connectivity index (χ2n) is 4.83. The lowest BCUT2D eigenvalue weighted by Crippen LogP contribution is -2.48. The second kappa shape index (κ2) is 4.45. The zero-order chi connectivity index (χ0) is 14.3. The fourth-order valence-corrected chi connectivity index (χ4v) is 2.32. The number of nitrogen functional groups attached to an aromatic ring is 1. The van der Waals surface area contributed by atoms with Crippen LogP contribution in [0.2, 0.25) is 0 Å². The zero-order valence-corrected chi connectivity index (χ0v) is 11.0. The van der Waals surface area contributed by atoms with E-state index < -0.39 is 0 Å². The fourth-order valence-electron chi connectivity index (χ4n) is 2.32. The van der Waals surface area contributed by atoms with Gasteiger partial charge in [0.1, 0.15) is 0 Å². The molecule has 2 N–H and O–H groups in total. The zero-order valence-electron chi connectivity index (χ0n) is 11.0. The monoisotopic (exact) mass is 268 g/mol. The van der Waals surface area contributed by atoms with Crippen molar-refractivity contribution in [2.45, 2.75) is 13.6 Å². The second-order valence-corrected chi connectivity index (χ2v) is 4.83. The summed E-state index contributed by atoms with van der Waals surface area (Å²) >= 11 is 0. The van der Waals surface area contributed by atoms with Gasteiger partial charge in [0.15, 0.2) is 6.67 Å². The van der Waals surface area contributed by atoms with Gasteiger partial charge in [-0.3, -0.25) is 15.3 Å². The maximum atomic E-state index is 12.3. The highest BCUT2D eigenvalue weighted by atomic mass is 16.2. The van der Waals surface area contributed by atoms with Gasteiger partial charge >= 0.3 is 0 Å². The number of anilines is 1. The Morgan fingerprint density at radius 1 is 1.05 bits per heavy atom. The Bertz CT molecular complexity index is 690.